The first-order valence-corrected chi connectivity index (χ1v) is 13.3. The lowest BCUT2D eigenvalue weighted by molar-refractivity contribution is -0.128. The van der Waals surface area contributed by atoms with Gasteiger partial charge in [0.05, 0.1) is 24.2 Å². The smallest absolute Gasteiger partial charge is 0.318 e. The number of nitrogens with zero attached hydrogens (tertiary/aromatic N) is 7. The van der Waals surface area contributed by atoms with E-state index in [4.69, 9.17) is 14.7 Å². The molecule has 2 atom stereocenters. The minimum atomic E-state index is -0.454. The number of likely N-dealkylation sites (tertiary alicyclic amines) is 1. The van der Waals surface area contributed by atoms with Gasteiger partial charge in [-0.1, -0.05) is 12.6 Å². The summed E-state index contributed by atoms with van der Waals surface area (Å²) in [4.78, 5) is 30.1. The SMILES string of the molecule is C=CC(=O)N1CCN(c2nc(OC[C@@H]3CCCN3C)nc3c2CN(Cc2c(O)cccc2F)C3)C[C@@H]1CC#N. The van der Waals surface area contributed by atoms with Gasteiger partial charge in [-0.05, 0) is 44.6 Å². The molecule has 1 aromatic carbocycles. The first-order chi connectivity index (χ1) is 18.9. The Morgan fingerprint density at radius 3 is 2.85 bits per heavy atom. The molecule has 0 unspecified atom stereocenters. The van der Waals surface area contributed by atoms with Gasteiger partial charge in [-0.15, -0.1) is 0 Å². The Morgan fingerprint density at radius 2 is 2.13 bits per heavy atom. The van der Waals surface area contributed by atoms with Gasteiger partial charge in [0, 0.05) is 56.4 Å². The Morgan fingerprint density at radius 1 is 1.28 bits per heavy atom. The van der Waals surface area contributed by atoms with E-state index in [9.17, 15) is 19.6 Å². The van der Waals surface area contributed by atoms with Crippen molar-refractivity contribution in [2.24, 2.45) is 0 Å². The third-order valence-corrected chi connectivity index (χ3v) is 7.92. The minimum Gasteiger partial charge on any atom is -0.508 e. The van der Waals surface area contributed by atoms with Crippen LogP contribution < -0.4 is 9.64 Å². The average Bonchev–Trinajstić information content (AvgIpc) is 3.54. The van der Waals surface area contributed by atoms with E-state index < -0.39 is 5.82 Å². The molecule has 4 heterocycles. The Bertz CT molecular complexity index is 1260. The topological polar surface area (TPSA) is 109 Å². The molecule has 0 aliphatic carbocycles. The van der Waals surface area contributed by atoms with Crippen LogP contribution in [0, 0.1) is 17.1 Å². The fourth-order valence-corrected chi connectivity index (χ4v) is 5.74. The molecule has 1 aromatic heterocycles. The predicted molar refractivity (Wildman–Crippen MR) is 142 cm³/mol. The van der Waals surface area contributed by atoms with Crippen molar-refractivity contribution in [2.75, 3.05) is 44.7 Å². The molecule has 0 bridgehead atoms. The molecule has 1 amide bonds. The zero-order chi connectivity index (χ0) is 27.5. The van der Waals surface area contributed by atoms with Gasteiger partial charge < -0.3 is 24.5 Å². The molecule has 2 fully saturated rings. The Balaban J connectivity index is 1.42. The lowest BCUT2D eigenvalue weighted by Gasteiger charge is -2.41. The van der Waals surface area contributed by atoms with Crippen LogP contribution in [0.5, 0.6) is 11.8 Å². The molecular weight excluding hydrogens is 501 g/mol. The molecule has 2 aromatic rings. The lowest BCUT2D eigenvalue weighted by atomic mass is 10.1. The van der Waals surface area contributed by atoms with Gasteiger partial charge in [0.1, 0.15) is 24.0 Å². The van der Waals surface area contributed by atoms with Crippen LogP contribution >= 0.6 is 0 Å². The number of phenolic OH excluding ortho intramolecular Hbond substituents is 1. The van der Waals surface area contributed by atoms with Crippen molar-refractivity contribution < 1.29 is 19.0 Å². The van der Waals surface area contributed by atoms with E-state index in [0.29, 0.717) is 57.2 Å². The van der Waals surface area contributed by atoms with E-state index in [2.05, 4.69) is 29.5 Å². The normalized spacial score (nSPS) is 21.6. The fourth-order valence-electron chi connectivity index (χ4n) is 5.74. The first kappa shape index (κ1) is 26.8. The van der Waals surface area contributed by atoms with Crippen LogP contribution in [0.1, 0.15) is 36.1 Å². The molecule has 10 nitrogen and oxygen atoms in total. The number of halogens is 1. The number of rotatable bonds is 8. The van der Waals surface area contributed by atoms with Gasteiger partial charge in [0.15, 0.2) is 0 Å². The molecule has 2 saturated heterocycles. The monoisotopic (exact) mass is 535 g/mol. The molecule has 3 aliphatic rings. The van der Waals surface area contributed by atoms with E-state index in [1.165, 1.54) is 24.3 Å². The maximum Gasteiger partial charge on any atom is 0.318 e. The summed E-state index contributed by atoms with van der Waals surface area (Å²) < 4.78 is 20.6. The maximum atomic E-state index is 14.5. The number of piperazine rings is 1. The Kier molecular flexibility index (Phi) is 7.95. The zero-order valence-electron chi connectivity index (χ0n) is 22.2. The fraction of sp³-hybridized carbons (Fsp3) is 0.500. The van der Waals surface area contributed by atoms with Gasteiger partial charge in [-0.2, -0.15) is 15.2 Å². The number of phenols is 1. The Hall–Kier alpha value is -3.75. The van der Waals surface area contributed by atoms with E-state index in [1.54, 1.807) is 4.90 Å². The van der Waals surface area contributed by atoms with Crippen molar-refractivity contribution in [2.45, 2.75) is 51.0 Å². The number of carbonyl (C=O) groups is 1. The number of nitriles is 1. The van der Waals surface area contributed by atoms with Crippen molar-refractivity contribution in [3.05, 3.63) is 53.5 Å². The predicted octanol–water partition coefficient (Wildman–Crippen LogP) is 2.43. The molecule has 0 saturated carbocycles. The number of ether oxygens (including phenoxy) is 1. The third kappa shape index (κ3) is 5.67. The summed E-state index contributed by atoms with van der Waals surface area (Å²) in [7, 11) is 2.09. The minimum absolute atomic E-state index is 0.0793. The average molecular weight is 536 g/mol. The standard InChI is InChI=1S/C28H34FN7O3/c1-3-26(38)36-13-12-35(14-19(36)9-10-30)27-22-16-34(15-21-23(29)7-4-8-25(21)37)17-24(22)31-28(32-27)39-18-20-6-5-11-33(20)2/h3-4,7-8,19-20,37H,1,5-6,9,11-18H2,2H3/t19-,20-/m0/s1. The van der Waals surface area contributed by atoms with Crippen LogP contribution in [0.2, 0.25) is 0 Å². The van der Waals surface area contributed by atoms with Crippen molar-refractivity contribution >= 4 is 11.7 Å². The number of amides is 1. The van der Waals surface area contributed by atoms with E-state index in [-0.39, 0.29) is 36.2 Å². The first-order valence-electron chi connectivity index (χ1n) is 13.3. The summed E-state index contributed by atoms with van der Waals surface area (Å²) in [6.07, 6.45) is 3.67. The summed E-state index contributed by atoms with van der Waals surface area (Å²) in [5.41, 5.74) is 1.95. The van der Waals surface area contributed by atoms with Crippen LogP contribution in [0.15, 0.2) is 30.9 Å². The zero-order valence-corrected chi connectivity index (χ0v) is 22.2. The third-order valence-electron chi connectivity index (χ3n) is 7.92. The van der Waals surface area contributed by atoms with Gasteiger partial charge in [0.2, 0.25) is 5.91 Å². The molecule has 0 spiro atoms. The molecule has 39 heavy (non-hydrogen) atoms. The van der Waals surface area contributed by atoms with E-state index in [0.717, 1.165) is 30.6 Å². The second-order valence-corrected chi connectivity index (χ2v) is 10.4. The highest BCUT2D eigenvalue weighted by molar-refractivity contribution is 5.87. The van der Waals surface area contributed by atoms with Crippen LogP contribution in [0.4, 0.5) is 10.2 Å². The highest BCUT2D eigenvalue weighted by atomic mass is 19.1. The Labute approximate surface area is 227 Å². The quantitative estimate of drug-likeness (QED) is 0.510. The number of fused-ring (bicyclic) bond motifs is 1. The van der Waals surface area contributed by atoms with Crippen LogP contribution in [0.25, 0.3) is 0 Å². The van der Waals surface area contributed by atoms with Crippen molar-refractivity contribution in [1.29, 1.82) is 5.26 Å². The molecule has 0 radical (unpaired) electrons. The van der Waals surface area contributed by atoms with Crippen molar-refractivity contribution in [1.82, 2.24) is 24.7 Å². The molecule has 3 aliphatic heterocycles. The lowest BCUT2D eigenvalue weighted by Crippen LogP contribution is -2.55. The summed E-state index contributed by atoms with van der Waals surface area (Å²) in [6.45, 7) is 7.68. The van der Waals surface area contributed by atoms with Crippen LogP contribution in [-0.4, -0.2) is 87.6 Å². The molecule has 5 rings (SSSR count). The number of carbonyl (C=O) groups excluding carboxylic acids is 1. The highest BCUT2D eigenvalue weighted by Gasteiger charge is 2.34. The largest absolute Gasteiger partial charge is 0.508 e. The molecular formula is C28H34FN7O3. The van der Waals surface area contributed by atoms with Gasteiger partial charge in [0.25, 0.3) is 0 Å². The number of hydrogen-bond donors (Lipinski definition) is 1. The number of hydrogen-bond acceptors (Lipinski definition) is 9. The number of likely N-dealkylation sites (N-methyl/N-ethyl adjacent to an activating group) is 1. The number of benzene rings is 1. The summed E-state index contributed by atoms with van der Waals surface area (Å²) >= 11 is 0. The molecule has 206 valence electrons. The van der Waals surface area contributed by atoms with Crippen molar-refractivity contribution in [3.8, 4) is 17.8 Å². The van der Waals surface area contributed by atoms with Crippen LogP contribution in [0.3, 0.4) is 0 Å². The van der Waals surface area contributed by atoms with E-state index in [1.807, 2.05) is 4.90 Å². The number of anilines is 1. The maximum absolute atomic E-state index is 14.5. The van der Waals surface area contributed by atoms with Crippen LogP contribution in [-0.2, 0) is 24.4 Å². The summed E-state index contributed by atoms with van der Waals surface area (Å²) in [6, 6.07) is 6.80. The number of aromatic hydroxyl groups is 1. The van der Waals surface area contributed by atoms with Crippen molar-refractivity contribution in [3.63, 3.8) is 0 Å². The highest BCUT2D eigenvalue weighted by Crippen LogP contribution is 2.34. The van der Waals surface area contributed by atoms with Gasteiger partial charge in [-0.3, -0.25) is 9.69 Å². The van der Waals surface area contributed by atoms with Gasteiger partial charge >= 0.3 is 6.01 Å². The molecule has 1 N–H and O–H groups in total. The van der Waals surface area contributed by atoms with Gasteiger partial charge in [-0.25, -0.2) is 4.39 Å². The number of aromatic nitrogens is 2. The second-order valence-electron chi connectivity index (χ2n) is 10.4. The molecule has 11 heteroatoms. The van der Waals surface area contributed by atoms with E-state index >= 15 is 0 Å². The summed E-state index contributed by atoms with van der Waals surface area (Å²) in [5.74, 6) is -0.0132. The second kappa shape index (κ2) is 11.6. The summed E-state index contributed by atoms with van der Waals surface area (Å²) in [5, 5.41) is 19.7.